The number of thiocarbonyl (C=S) groups is 1. The molecular formula is C18H20N2O5S3. The molecule has 0 aromatic heterocycles. The second-order valence-corrected chi connectivity index (χ2v) is 8.88. The third kappa shape index (κ3) is 4.45. The largest absolute Gasteiger partial charge is 0.493 e. The van der Waals surface area contributed by atoms with E-state index >= 15 is 0 Å². The maximum atomic E-state index is 12.8. The Kier molecular flexibility index (Phi) is 6.86. The normalized spacial score (nSPS) is 23.4. The van der Waals surface area contributed by atoms with Gasteiger partial charge in [-0.2, -0.15) is 11.8 Å². The number of methoxy groups -OCH3 is 2. The van der Waals surface area contributed by atoms with Crippen molar-refractivity contribution in [1.82, 2.24) is 10.2 Å². The van der Waals surface area contributed by atoms with Crippen LogP contribution in [0.4, 0.5) is 0 Å². The van der Waals surface area contributed by atoms with E-state index in [1.807, 2.05) is 0 Å². The number of nitrogens with zero attached hydrogens (tertiary/aromatic N) is 1. The molecule has 10 heteroatoms. The monoisotopic (exact) mass is 440 g/mol. The van der Waals surface area contributed by atoms with Crippen LogP contribution in [0.5, 0.6) is 11.5 Å². The first-order valence-corrected chi connectivity index (χ1v) is 10.8. The average molecular weight is 441 g/mol. The van der Waals surface area contributed by atoms with Gasteiger partial charge in [0.2, 0.25) is 5.91 Å². The second kappa shape index (κ2) is 9.17. The lowest BCUT2D eigenvalue weighted by atomic mass is 10.1. The fourth-order valence-corrected chi connectivity index (χ4v) is 5.30. The standard InChI is InChI=1S/C18H20N2O5S3/c1-24-13-5-3-4-10(16(13)25-2)6-14-17(23)20(18(26)28-14)7-15(22)19-11-8-27-9-12(11)21/h3-6,11-12,21H,7-9H2,1-2H3,(H,19,22)/b14-6-/t11-,12+/m0/s1. The summed E-state index contributed by atoms with van der Waals surface area (Å²) in [4.78, 5) is 26.7. The molecule has 1 aromatic rings. The molecule has 2 aliphatic rings. The smallest absolute Gasteiger partial charge is 0.266 e. The van der Waals surface area contributed by atoms with Crippen LogP contribution in [0.3, 0.4) is 0 Å². The highest BCUT2D eigenvalue weighted by molar-refractivity contribution is 8.26. The molecular weight excluding hydrogens is 420 g/mol. The van der Waals surface area contributed by atoms with E-state index in [1.165, 1.54) is 12.0 Å². The fraction of sp³-hybridized carbons (Fsp3) is 0.389. The molecule has 0 radical (unpaired) electrons. The molecule has 0 unspecified atom stereocenters. The van der Waals surface area contributed by atoms with E-state index in [0.717, 1.165) is 11.8 Å². The number of nitrogens with one attached hydrogen (secondary N) is 1. The van der Waals surface area contributed by atoms with Gasteiger partial charge in [-0.05, 0) is 12.1 Å². The first-order chi connectivity index (χ1) is 13.4. The minimum absolute atomic E-state index is 0.175. The Morgan fingerprint density at radius 2 is 2.18 bits per heavy atom. The lowest BCUT2D eigenvalue weighted by Gasteiger charge is -2.18. The molecule has 2 heterocycles. The van der Waals surface area contributed by atoms with Crippen molar-refractivity contribution in [3.63, 3.8) is 0 Å². The molecule has 2 aliphatic heterocycles. The molecule has 2 saturated heterocycles. The van der Waals surface area contributed by atoms with Crippen LogP contribution in [-0.4, -0.2) is 70.6 Å². The van der Waals surface area contributed by atoms with Crippen LogP contribution in [0.15, 0.2) is 23.1 Å². The number of aliphatic hydroxyl groups excluding tert-OH is 1. The Labute approximate surface area is 176 Å². The summed E-state index contributed by atoms with van der Waals surface area (Å²) in [6.07, 6.45) is 1.11. The van der Waals surface area contributed by atoms with Gasteiger partial charge in [-0.3, -0.25) is 14.5 Å². The molecule has 28 heavy (non-hydrogen) atoms. The Bertz CT molecular complexity index is 829. The predicted molar refractivity (Wildman–Crippen MR) is 115 cm³/mol. The maximum absolute atomic E-state index is 12.8. The summed E-state index contributed by atoms with van der Waals surface area (Å²) in [6.45, 7) is -0.175. The average Bonchev–Trinajstić information content (AvgIpc) is 3.19. The Hall–Kier alpha value is -1.75. The lowest BCUT2D eigenvalue weighted by Crippen LogP contribution is -2.47. The van der Waals surface area contributed by atoms with E-state index < -0.39 is 6.10 Å². The van der Waals surface area contributed by atoms with Gasteiger partial charge >= 0.3 is 0 Å². The van der Waals surface area contributed by atoms with Gasteiger partial charge in [-0.1, -0.05) is 36.1 Å². The maximum Gasteiger partial charge on any atom is 0.266 e. The molecule has 2 N–H and O–H groups in total. The number of thioether (sulfide) groups is 2. The van der Waals surface area contributed by atoms with Crippen molar-refractivity contribution in [2.75, 3.05) is 32.3 Å². The number of benzene rings is 1. The summed E-state index contributed by atoms with van der Waals surface area (Å²) in [7, 11) is 3.07. The third-order valence-corrected chi connectivity index (χ3v) is 6.84. The highest BCUT2D eigenvalue weighted by atomic mass is 32.2. The van der Waals surface area contributed by atoms with Gasteiger partial charge in [0.15, 0.2) is 11.5 Å². The lowest BCUT2D eigenvalue weighted by molar-refractivity contribution is -0.129. The van der Waals surface area contributed by atoms with Gasteiger partial charge in [0, 0.05) is 17.1 Å². The quantitative estimate of drug-likeness (QED) is 0.508. The summed E-state index contributed by atoms with van der Waals surface area (Å²) >= 11 is 7.99. The highest BCUT2D eigenvalue weighted by Crippen LogP contribution is 2.37. The highest BCUT2D eigenvalue weighted by Gasteiger charge is 2.35. The molecule has 7 nitrogen and oxygen atoms in total. The molecule has 2 fully saturated rings. The zero-order valence-corrected chi connectivity index (χ0v) is 17.8. The summed E-state index contributed by atoms with van der Waals surface area (Å²) in [5.74, 6) is 1.64. The van der Waals surface area contributed by atoms with Gasteiger partial charge in [0.1, 0.15) is 10.9 Å². The molecule has 2 amide bonds. The predicted octanol–water partition coefficient (Wildman–Crippen LogP) is 1.50. The zero-order valence-electron chi connectivity index (χ0n) is 15.3. The van der Waals surface area contributed by atoms with E-state index in [1.54, 1.807) is 43.1 Å². The number of hydrogen-bond donors (Lipinski definition) is 2. The number of amides is 2. The molecule has 0 spiro atoms. The number of ether oxygens (including phenoxy) is 2. The number of rotatable bonds is 6. The molecule has 2 atom stereocenters. The SMILES string of the molecule is COc1cccc(/C=C2\SC(=S)N(CC(=O)N[C@H]3CSC[C@H]3O)C2=O)c1OC. The van der Waals surface area contributed by atoms with Gasteiger partial charge < -0.3 is 19.9 Å². The van der Waals surface area contributed by atoms with Gasteiger partial charge in [0.05, 0.1) is 31.3 Å². The zero-order chi connectivity index (χ0) is 20.3. The minimum atomic E-state index is -0.569. The van der Waals surface area contributed by atoms with Crippen molar-refractivity contribution in [1.29, 1.82) is 0 Å². The van der Waals surface area contributed by atoms with Gasteiger partial charge in [-0.25, -0.2) is 0 Å². The number of hydrogen-bond acceptors (Lipinski definition) is 8. The molecule has 3 rings (SSSR count). The van der Waals surface area contributed by atoms with Crippen molar-refractivity contribution in [2.24, 2.45) is 0 Å². The van der Waals surface area contributed by atoms with Crippen molar-refractivity contribution >= 4 is 58.0 Å². The topological polar surface area (TPSA) is 88.1 Å². The van der Waals surface area contributed by atoms with Gasteiger partial charge in [-0.15, -0.1) is 0 Å². The van der Waals surface area contributed by atoms with Crippen LogP contribution >= 0.6 is 35.7 Å². The fourth-order valence-electron chi connectivity index (χ4n) is 2.88. The van der Waals surface area contributed by atoms with Crippen LogP contribution in [0.2, 0.25) is 0 Å². The van der Waals surface area contributed by atoms with Crippen LogP contribution < -0.4 is 14.8 Å². The third-order valence-electron chi connectivity index (χ3n) is 4.29. The second-order valence-electron chi connectivity index (χ2n) is 6.13. The van der Waals surface area contributed by atoms with Crippen LogP contribution in [0, 0.1) is 0 Å². The number of para-hydroxylation sites is 1. The molecule has 150 valence electrons. The first kappa shape index (κ1) is 21.0. The van der Waals surface area contributed by atoms with Crippen molar-refractivity contribution in [3.05, 3.63) is 28.7 Å². The molecule has 0 aliphatic carbocycles. The number of carbonyl (C=O) groups is 2. The van der Waals surface area contributed by atoms with E-state index in [-0.39, 0.29) is 24.4 Å². The van der Waals surface area contributed by atoms with E-state index in [0.29, 0.717) is 37.8 Å². The number of aliphatic hydroxyl groups is 1. The Balaban J connectivity index is 1.73. The number of carbonyl (C=O) groups excluding carboxylic acids is 2. The van der Waals surface area contributed by atoms with Gasteiger partial charge in [0.25, 0.3) is 5.91 Å². The summed E-state index contributed by atoms with van der Waals surface area (Å²) in [6, 6.07) is 5.07. The minimum Gasteiger partial charge on any atom is -0.493 e. The van der Waals surface area contributed by atoms with Crippen LogP contribution in [0.25, 0.3) is 6.08 Å². The summed E-state index contributed by atoms with van der Waals surface area (Å²) in [5, 5.41) is 12.6. The van der Waals surface area contributed by atoms with Crippen molar-refractivity contribution < 1.29 is 24.2 Å². The van der Waals surface area contributed by atoms with Crippen molar-refractivity contribution in [2.45, 2.75) is 12.1 Å². The van der Waals surface area contributed by atoms with E-state index in [4.69, 9.17) is 21.7 Å². The molecule has 1 aromatic carbocycles. The summed E-state index contributed by atoms with van der Waals surface area (Å²) < 4.78 is 11.0. The van der Waals surface area contributed by atoms with Crippen LogP contribution in [0.1, 0.15) is 5.56 Å². The molecule has 0 saturated carbocycles. The Morgan fingerprint density at radius 3 is 2.82 bits per heavy atom. The van der Waals surface area contributed by atoms with E-state index in [2.05, 4.69) is 5.32 Å². The van der Waals surface area contributed by atoms with Crippen LogP contribution in [-0.2, 0) is 9.59 Å². The Morgan fingerprint density at radius 1 is 1.39 bits per heavy atom. The first-order valence-electron chi connectivity index (χ1n) is 8.46. The molecule has 0 bridgehead atoms. The van der Waals surface area contributed by atoms with E-state index in [9.17, 15) is 14.7 Å². The van der Waals surface area contributed by atoms with Crippen molar-refractivity contribution in [3.8, 4) is 11.5 Å². The summed E-state index contributed by atoms with van der Waals surface area (Å²) in [5.41, 5.74) is 0.679.